The Kier molecular flexibility index (Phi) is 4.36. The van der Waals surface area contributed by atoms with Crippen molar-refractivity contribution in [2.45, 2.75) is 32.9 Å². The third-order valence-electron chi connectivity index (χ3n) is 5.34. The zero-order chi connectivity index (χ0) is 20.2. The summed E-state index contributed by atoms with van der Waals surface area (Å²) in [4.78, 5) is 26.2. The van der Waals surface area contributed by atoms with Crippen LogP contribution in [-0.2, 0) is 11.0 Å². The van der Waals surface area contributed by atoms with E-state index in [2.05, 4.69) is 0 Å². The summed E-state index contributed by atoms with van der Waals surface area (Å²) in [6.45, 7) is 3.98. The standard InChI is InChI=1S/C19H20F4N2O2/c1-17(2)9-18(8-13(24)15(17)26)6-7-25(10-18)16(27)11-4-3-5-12(14(11)20)19(21,22)23/h3-5,8H,6-7,9-10,24H2,1-2H3/t18-/m1/s1. The van der Waals surface area contributed by atoms with Gasteiger partial charge < -0.3 is 10.6 Å². The van der Waals surface area contributed by atoms with E-state index in [0.29, 0.717) is 18.9 Å². The normalized spacial score (nSPS) is 25.0. The number of nitrogens with zero attached hydrogens (tertiary/aromatic N) is 1. The molecule has 146 valence electrons. The highest BCUT2D eigenvalue weighted by atomic mass is 19.4. The Bertz CT molecular complexity index is 845. The lowest BCUT2D eigenvalue weighted by Crippen LogP contribution is -2.42. The minimum absolute atomic E-state index is 0.130. The van der Waals surface area contributed by atoms with E-state index in [9.17, 15) is 27.2 Å². The number of rotatable bonds is 1. The van der Waals surface area contributed by atoms with E-state index in [0.717, 1.165) is 12.1 Å². The number of hydrogen-bond acceptors (Lipinski definition) is 3. The molecule has 1 aromatic rings. The van der Waals surface area contributed by atoms with Crippen molar-refractivity contribution in [1.82, 2.24) is 4.90 Å². The Balaban J connectivity index is 1.89. The summed E-state index contributed by atoms with van der Waals surface area (Å²) in [6, 6.07) is 2.68. The van der Waals surface area contributed by atoms with Gasteiger partial charge in [0.15, 0.2) is 5.78 Å². The number of carbonyl (C=O) groups excluding carboxylic acids is 2. The topological polar surface area (TPSA) is 63.4 Å². The molecule has 2 aliphatic rings. The van der Waals surface area contributed by atoms with E-state index in [-0.39, 0.29) is 24.6 Å². The van der Waals surface area contributed by atoms with Crippen LogP contribution in [0.5, 0.6) is 0 Å². The van der Waals surface area contributed by atoms with Gasteiger partial charge in [-0.1, -0.05) is 19.9 Å². The summed E-state index contributed by atoms with van der Waals surface area (Å²) in [7, 11) is 0. The van der Waals surface area contributed by atoms with Gasteiger partial charge in [0.05, 0.1) is 16.8 Å². The van der Waals surface area contributed by atoms with Crippen LogP contribution in [0, 0.1) is 16.6 Å². The summed E-state index contributed by atoms with van der Waals surface area (Å²) in [5, 5.41) is 0. The molecule has 1 amide bonds. The second kappa shape index (κ2) is 6.07. The van der Waals surface area contributed by atoms with Crippen molar-refractivity contribution >= 4 is 11.7 Å². The van der Waals surface area contributed by atoms with Crippen molar-refractivity contribution in [3.63, 3.8) is 0 Å². The van der Waals surface area contributed by atoms with Gasteiger partial charge in [-0.3, -0.25) is 9.59 Å². The summed E-state index contributed by atoms with van der Waals surface area (Å²) >= 11 is 0. The molecule has 1 atom stereocenters. The van der Waals surface area contributed by atoms with Crippen LogP contribution in [0.25, 0.3) is 0 Å². The molecule has 3 rings (SSSR count). The van der Waals surface area contributed by atoms with Crippen molar-refractivity contribution in [3.8, 4) is 0 Å². The fourth-order valence-corrected chi connectivity index (χ4v) is 4.22. The minimum atomic E-state index is -4.88. The molecular weight excluding hydrogens is 364 g/mol. The molecule has 8 heteroatoms. The van der Waals surface area contributed by atoms with Crippen molar-refractivity contribution in [2.24, 2.45) is 16.6 Å². The van der Waals surface area contributed by atoms with Gasteiger partial charge >= 0.3 is 6.18 Å². The van der Waals surface area contributed by atoms with Crippen LogP contribution in [0.2, 0.25) is 0 Å². The first kappa shape index (κ1) is 19.4. The molecule has 0 radical (unpaired) electrons. The Morgan fingerprint density at radius 3 is 2.52 bits per heavy atom. The highest BCUT2D eigenvalue weighted by Gasteiger charge is 2.48. The van der Waals surface area contributed by atoms with Gasteiger partial charge in [0, 0.05) is 23.9 Å². The van der Waals surface area contributed by atoms with Crippen LogP contribution in [0.3, 0.4) is 0 Å². The van der Waals surface area contributed by atoms with Crippen molar-refractivity contribution in [1.29, 1.82) is 0 Å². The number of allylic oxidation sites excluding steroid dienone is 1. The molecular formula is C19H20F4N2O2. The van der Waals surface area contributed by atoms with E-state index in [1.165, 1.54) is 4.90 Å². The van der Waals surface area contributed by atoms with Gasteiger partial charge in [0.2, 0.25) is 0 Å². The molecule has 1 aliphatic heterocycles. The minimum Gasteiger partial charge on any atom is -0.396 e. The van der Waals surface area contributed by atoms with Crippen molar-refractivity contribution in [2.75, 3.05) is 13.1 Å². The lowest BCUT2D eigenvalue weighted by atomic mass is 9.65. The smallest absolute Gasteiger partial charge is 0.396 e. The molecule has 27 heavy (non-hydrogen) atoms. The number of benzene rings is 1. The molecule has 4 nitrogen and oxygen atoms in total. The lowest BCUT2D eigenvalue weighted by Gasteiger charge is -2.39. The quantitative estimate of drug-likeness (QED) is 0.754. The fraction of sp³-hybridized carbons (Fsp3) is 0.474. The summed E-state index contributed by atoms with van der Waals surface area (Å²) in [6.07, 6.45) is -2.25. The molecule has 0 aromatic heterocycles. The molecule has 0 unspecified atom stereocenters. The number of Topliss-reactive ketones (excluding diaryl/α,β-unsaturated/α-hetero) is 1. The molecule has 0 saturated carbocycles. The average Bonchev–Trinajstić information content (AvgIpc) is 2.94. The van der Waals surface area contributed by atoms with Crippen LogP contribution >= 0.6 is 0 Å². The first-order chi connectivity index (χ1) is 12.4. The third-order valence-corrected chi connectivity index (χ3v) is 5.34. The van der Waals surface area contributed by atoms with Crippen LogP contribution in [-0.4, -0.2) is 29.7 Å². The average molecular weight is 384 g/mol. The molecule has 1 spiro atoms. The zero-order valence-electron chi connectivity index (χ0n) is 15.0. The van der Waals surface area contributed by atoms with E-state index in [4.69, 9.17) is 5.73 Å². The molecule has 1 fully saturated rings. The maximum absolute atomic E-state index is 14.3. The number of halogens is 4. The molecule has 1 saturated heterocycles. The van der Waals surface area contributed by atoms with E-state index < -0.39 is 39.9 Å². The van der Waals surface area contributed by atoms with Crippen LogP contribution < -0.4 is 5.73 Å². The number of hydrogen-bond donors (Lipinski definition) is 1. The number of likely N-dealkylation sites (tertiary alicyclic amines) is 1. The lowest BCUT2D eigenvalue weighted by molar-refractivity contribution is -0.140. The molecule has 1 aromatic carbocycles. The monoisotopic (exact) mass is 384 g/mol. The summed E-state index contributed by atoms with van der Waals surface area (Å²) < 4.78 is 53.0. The number of amides is 1. The number of carbonyl (C=O) groups is 2. The van der Waals surface area contributed by atoms with Gasteiger partial charge in [0.1, 0.15) is 5.82 Å². The number of alkyl halides is 3. The highest BCUT2D eigenvalue weighted by Crippen LogP contribution is 2.47. The van der Waals surface area contributed by atoms with Gasteiger partial charge in [0.25, 0.3) is 5.91 Å². The van der Waals surface area contributed by atoms with Gasteiger partial charge in [-0.05, 0) is 31.1 Å². The van der Waals surface area contributed by atoms with Crippen LogP contribution in [0.1, 0.15) is 42.6 Å². The summed E-state index contributed by atoms with van der Waals surface area (Å²) in [5.41, 5.74) is 2.69. The van der Waals surface area contributed by atoms with E-state index in [1.54, 1.807) is 19.9 Å². The Morgan fingerprint density at radius 1 is 1.26 bits per heavy atom. The van der Waals surface area contributed by atoms with Gasteiger partial charge in [-0.25, -0.2) is 4.39 Å². The number of ketones is 1. The fourth-order valence-electron chi connectivity index (χ4n) is 4.22. The van der Waals surface area contributed by atoms with Crippen molar-refractivity contribution < 1.29 is 27.2 Å². The van der Waals surface area contributed by atoms with Crippen LogP contribution in [0.4, 0.5) is 17.6 Å². The van der Waals surface area contributed by atoms with Crippen molar-refractivity contribution in [3.05, 3.63) is 46.9 Å². The predicted molar refractivity (Wildman–Crippen MR) is 90.0 cm³/mol. The SMILES string of the molecule is CC1(C)C[C@]2(C=C(N)C1=O)CCN(C(=O)c1cccc(C(F)(F)F)c1F)C2. The number of nitrogens with two attached hydrogens (primary N) is 1. The first-order valence-electron chi connectivity index (χ1n) is 8.54. The first-order valence-corrected chi connectivity index (χ1v) is 8.54. The Morgan fingerprint density at radius 2 is 1.93 bits per heavy atom. The van der Waals surface area contributed by atoms with Gasteiger partial charge in [-0.2, -0.15) is 13.2 Å². The molecule has 1 heterocycles. The maximum Gasteiger partial charge on any atom is 0.419 e. The molecule has 2 N–H and O–H groups in total. The zero-order valence-corrected chi connectivity index (χ0v) is 15.0. The van der Waals surface area contributed by atoms with E-state index in [1.807, 2.05) is 0 Å². The maximum atomic E-state index is 14.3. The summed E-state index contributed by atoms with van der Waals surface area (Å²) in [5.74, 6) is -2.52. The molecule has 0 bridgehead atoms. The third kappa shape index (κ3) is 3.33. The highest BCUT2D eigenvalue weighted by molar-refractivity contribution is 6.00. The van der Waals surface area contributed by atoms with E-state index >= 15 is 0 Å². The van der Waals surface area contributed by atoms with Gasteiger partial charge in [-0.15, -0.1) is 0 Å². The largest absolute Gasteiger partial charge is 0.419 e. The Labute approximate surface area is 154 Å². The Hall–Kier alpha value is -2.38. The molecule has 1 aliphatic carbocycles. The second-order valence-corrected chi connectivity index (χ2v) is 7.99. The van der Waals surface area contributed by atoms with Crippen LogP contribution in [0.15, 0.2) is 30.0 Å². The predicted octanol–water partition coefficient (Wildman–Crippen LogP) is 3.52. The second-order valence-electron chi connectivity index (χ2n) is 7.99.